The minimum atomic E-state index is -1.78. The molecule has 0 bridgehead atoms. The second-order valence-corrected chi connectivity index (χ2v) is 9.99. The number of hydrogen-bond acceptors (Lipinski definition) is 16. The van der Waals surface area contributed by atoms with Crippen molar-refractivity contribution in [1.29, 1.82) is 0 Å². The Morgan fingerprint density at radius 1 is 0.568 bits per heavy atom. The summed E-state index contributed by atoms with van der Waals surface area (Å²) in [5.41, 5.74) is 0. The van der Waals surface area contributed by atoms with Gasteiger partial charge in [-0.1, -0.05) is 0 Å². The first-order valence-electron chi connectivity index (χ1n) is 13.5. The zero-order valence-electron chi connectivity index (χ0n) is 25.3. The first-order valence-corrected chi connectivity index (χ1v) is 13.5. The summed E-state index contributed by atoms with van der Waals surface area (Å²) in [6.07, 6.45) is -12.1. The van der Waals surface area contributed by atoms with E-state index in [1.165, 1.54) is 0 Å². The molecule has 1 unspecified atom stereocenters. The first kappa shape index (κ1) is 36.3. The number of ether oxygens (including phenoxy) is 8. The minimum Gasteiger partial charge on any atom is -0.463 e. The van der Waals surface area contributed by atoms with E-state index in [1.54, 1.807) is 0 Å². The number of esters is 5. The molecule has 3 N–H and O–H groups in total. The fraction of sp³-hybridized carbons (Fsp3) is 0.731. The number of aliphatic hydroxyl groups excluding tert-OH is 1. The molecular weight excluding hydrogens is 596 g/mol. The fourth-order valence-electron chi connectivity index (χ4n) is 4.70. The molecule has 0 aromatic rings. The lowest BCUT2D eigenvalue weighted by atomic mass is 9.94. The zero-order valence-corrected chi connectivity index (χ0v) is 25.3. The summed E-state index contributed by atoms with van der Waals surface area (Å²) < 4.78 is 44.2. The first-order chi connectivity index (χ1) is 20.5. The van der Waals surface area contributed by atoms with E-state index in [4.69, 9.17) is 37.9 Å². The molecule has 0 radical (unpaired) electrons. The number of carbonyl (C=O) groups excluding carboxylic acids is 7. The van der Waals surface area contributed by atoms with Gasteiger partial charge < -0.3 is 53.6 Å². The van der Waals surface area contributed by atoms with Crippen LogP contribution in [0, 0.1) is 0 Å². The number of aliphatic hydroxyl groups is 1. The molecule has 18 heteroatoms. The predicted molar refractivity (Wildman–Crippen MR) is 140 cm³/mol. The Bertz CT molecular complexity index is 1100. The average Bonchev–Trinajstić information content (AvgIpc) is 2.87. The second-order valence-electron chi connectivity index (χ2n) is 9.99. The Labute approximate surface area is 252 Å². The number of hydrogen-bond donors (Lipinski definition) is 3. The number of rotatable bonds is 11. The summed E-state index contributed by atoms with van der Waals surface area (Å²) in [5.74, 6) is -5.31. The van der Waals surface area contributed by atoms with Crippen LogP contribution in [0.15, 0.2) is 0 Å². The van der Waals surface area contributed by atoms with Crippen molar-refractivity contribution >= 4 is 41.7 Å². The van der Waals surface area contributed by atoms with Crippen molar-refractivity contribution in [1.82, 2.24) is 10.6 Å². The minimum absolute atomic E-state index is 0.531. The smallest absolute Gasteiger partial charge is 0.303 e. The monoisotopic (exact) mass is 634 g/mol. The molecule has 0 aromatic heterocycles. The van der Waals surface area contributed by atoms with Crippen molar-refractivity contribution in [3.05, 3.63) is 0 Å². The van der Waals surface area contributed by atoms with Crippen LogP contribution in [0.2, 0.25) is 0 Å². The van der Waals surface area contributed by atoms with Gasteiger partial charge in [-0.25, -0.2) is 0 Å². The number of amides is 2. The van der Waals surface area contributed by atoms with Crippen LogP contribution in [-0.4, -0.2) is 121 Å². The number of carbonyl (C=O) groups is 7. The topological polar surface area (TPSA) is 238 Å². The van der Waals surface area contributed by atoms with E-state index in [-0.39, 0.29) is 0 Å². The summed E-state index contributed by atoms with van der Waals surface area (Å²) in [5, 5.41) is 15.6. The summed E-state index contributed by atoms with van der Waals surface area (Å²) in [6, 6.07) is -2.83. The van der Waals surface area contributed by atoms with Crippen molar-refractivity contribution in [3.8, 4) is 0 Å². The summed E-state index contributed by atoms with van der Waals surface area (Å²) >= 11 is 0. The quantitative estimate of drug-likeness (QED) is 0.161. The average molecular weight is 635 g/mol. The highest BCUT2D eigenvalue weighted by molar-refractivity contribution is 5.74. The Kier molecular flexibility index (Phi) is 13.4. The van der Waals surface area contributed by atoms with Crippen LogP contribution >= 0.6 is 0 Å². The molecule has 10 atom stereocenters. The Balaban J connectivity index is 2.66. The van der Waals surface area contributed by atoms with Crippen molar-refractivity contribution in [2.75, 3.05) is 13.2 Å². The maximum atomic E-state index is 12.3. The maximum absolute atomic E-state index is 12.3. The van der Waals surface area contributed by atoms with E-state index >= 15 is 0 Å². The van der Waals surface area contributed by atoms with Crippen molar-refractivity contribution in [2.45, 2.75) is 110 Å². The van der Waals surface area contributed by atoms with E-state index < -0.39 is 116 Å². The van der Waals surface area contributed by atoms with Gasteiger partial charge in [0.15, 0.2) is 30.9 Å². The maximum Gasteiger partial charge on any atom is 0.303 e. The second kappa shape index (κ2) is 16.3. The van der Waals surface area contributed by atoms with Gasteiger partial charge >= 0.3 is 29.8 Å². The van der Waals surface area contributed by atoms with E-state index in [2.05, 4.69) is 10.6 Å². The van der Waals surface area contributed by atoms with E-state index in [0.29, 0.717) is 0 Å². The predicted octanol–water partition coefficient (Wildman–Crippen LogP) is -2.26. The lowest BCUT2D eigenvalue weighted by molar-refractivity contribution is -0.330. The molecule has 2 aliphatic heterocycles. The van der Waals surface area contributed by atoms with E-state index in [9.17, 15) is 38.7 Å². The third-order valence-electron chi connectivity index (χ3n) is 6.15. The van der Waals surface area contributed by atoms with Gasteiger partial charge in [0.1, 0.15) is 43.6 Å². The van der Waals surface area contributed by atoms with Crippen LogP contribution in [-0.2, 0) is 71.5 Å². The molecule has 0 saturated carbocycles. The molecule has 2 aliphatic rings. The van der Waals surface area contributed by atoms with Crippen LogP contribution in [0.5, 0.6) is 0 Å². The van der Waals surface area contributed by atoms with Gasteiger partial charge in [0, 0.05) is 48.5 Å². The zero-order chi connectivity index (χ0) is 33.3. The highest BCUT2D eigenvalue weighted by Crippen LogP contribution is 2.33. The molecule has 0 aromatic carbocycles. The summed E-state index contributed by atoms with van der Waals surface area (Å²) in [4.78, 5) is 83.8. The molecule has 248 valence electrons. The summed E-state index contributed by atoms with van der Waals surface area (Å²) in [6.45, 7) is 6.58. The molecule has 0 spiro atoms. The molecule has 0 aliphatic carbocycles. The summed E-state index contributed by atoms with van der Waals surface area (Å²) in [7, 11) is 0. The third-order valence-corrected chi connectivity index (χ3v) is 6.15. The normalized spacial score (nSPS) is 31.5. The Hall–Kier alpha value is -3.87. The molecule has 2 heterocycles. The van der Waals surface area contributed by atoms with Gasteiger partial charge in [0.05, 0.1) is 0 Å². The molecule has 18 nitrogen and oxygen atoms in total. The molecule has 2 amide bonds. The van der Waals surface area contributed by atoms with Crippen molar-refractivity contribution < 1.29 is 76.6 Å². The van der Waals surface area contributed by atoms with Gasteiger partial charge in [0.2, 0.25) is 11.8 Å². The Morgan fingerprint density at radius 3 is 1.41 bits per heavy atom. The standard InChI is InChI=1S/C26H38N2O16/c1-10(29)27-19-23(40-15(6)34)22(17(42-25(19)36)8-37-12(3)31)44-26-20(28-11(2)30)24(41-16(7)35)21(39-14(5)33)18(43-26)9-38-13(4)32/h17-26,36H,8-9H2,1-7H3,(H,27,29)(H,28,30)/t17-,18+,19+,20+,21+,22+,23+,24+,25?,26-/m0/s1. The molecular formula is C26H38N2O16. The van der Waals surface area contributed by atoms with Gasteiger partial charge in [-0.05, 0) is 0 Å². The highest BCUT2D eigenvalue weighted by atomic mass is 16.7. The van der Waals surface area contributed by atoms with Crippen LogP contribution in [0.1, 0.15) is 48.5 Å². The van der Waals surface area contributed by atoms with Gasteiger partial charge in [0.25, 0.3) is 0 Å². The van der Waals surface area contributed by atoms with E-state index in [1.807, 2.05) is 0 Å². The van der Waals surface area contributed by atoms with Crippen molar-refractivity contribution in [3.63, 3.8) is 0 Å². The van der Waals surface area contributed by atoms with Crippen LogP contribution in [0.4, 0.5) is 0 Å². The molecule has 2 rings (SSSR count). The SMILES string of the molecule is CC(=O)N[C@H]1[C@H](O[C@H]2[C@H](OC(C)=O)[C@@H](NC(C)=O)C(O)O[C@H]2COC(C)=O)O[C@H](COC(C)=O)[C@@H](OC(C)=O)[C@@H]1OC(C)=O. The van der Waals surface area contributed by atoms with Gasteiger partial charge in [-0.2, -0.15) is 0 Å². The number of nitrogens with one attached hydrogen (secondary N) is 2. The van der Waals surface area contributed by atoms with Gasteiger partial charge in [-0.15, -0.1) is 0 Å². The lowest BCUT2D eigenvalue weighted by Gasteiger charge is -2.49. The lowest BCUT2D eigenvalue weighted by Crippen LogP contribution is -2.70. The highest BCUT2D eigenvalue weighted by Gasteiger charge is 2.55. The van der Waals surface area contributed by atoms with E-state index in [0.717, 1.165) is 48.5 Å². The van der Waals surface area contributed by atoms with Crippen LogP contribution in [0.3, 0.4) is 0 Å². The van der Waals surface area contributed by atoms with Crippen LogP contribution < -0.4 is 10.6 Å². The van der Waals surface area contributed by atoms with Crippen LogP contribution in [0.25, 0.3) is 0 Å². The largest absolute Gasteiger partial charge is 0.463 e. The molecule has 2 saturated heterocycles. The van der Waals surface area contributed by atoms with Crippen molar-refractivity contribution in [2.24, 2.45) is 0 Å². The third kappa shape index (κ3) is 10.7. The molecule has 2 fully saturated rings. The molecule has 44 heavy (non-hydrogen) atoms. The van der Waals surface area contributed by atoms with Gasteiger partial charge in [-0.3, -0.25) is 33.6 Å². The Morgan fingerprint density at radius 2 is 0.977 bits per heavy atom. The fourth-order valence-corrected chi connectivity index (χ4v) is 4.70.